The van der Waals surface area contributed by atoms with Crippen molar-refractivity contribution in [1.29, 1.82) is 0 Å². The van der Waals surface area contributed by atoms with E-state index >= 15 is 0 Å². The number of aliphatic hydroxyl groups excluding tert-OH is 1. The minimum absolute atomic E-state index is 0.0491. The van der Waals surface area contributed by atoms with Crippen LogP contribution in [-0.2, 0) is 18.4 Å². The van der Waals surface area contributed by atoms with Crippen molar-refractivity contribution in [3.63, 3.8) is 0 Å². The van der Waals surface area contributed by atoms with Crippen LogP contribution in [0.5, 0.6) is 0 Å². The lowest BCUT2D eigenvalue weighted by Crippen LogP contribution is -2.49. The van der Waals surface area contributed by atoms with Gasteiger partial charge >= 0.3 is 11.9 Å². The van der Waals surface area contributed by atoms with E-state index < -0.39 is 34.6 Å². The number of alkyl halides is 2. The summed E-state index contributed by atoms with van der Waals surface area (Å²) in [5, 5.41) is 10.7. The molecule has 0 bridgehead atoms. The molecule has 0 aromatic heterocycles. The van der Waals surface area contributed by atoms with Crippen LogP contribution in [0.1, 0.15) is 114 Å². The topological polar surface area (TPSA) is 65.0 Å². The van der Waals surface area contributed by atoms with Gasteiger partial charge < -0.3 is 18.7 Å². The Balaban J connectivity index is 1.88. The Bertz CT molecular complexity index is 1230. The van der Waals surface area contributed by atoms with Crippen LogP contribution in [0.4, 0.5) is 8.78 Å². The van der Waals surface area contributed by atoms with Gasteiger partial charge in [0.1, 0.15) is 6.10 Å². The molecular formula is C39H68F2O5Si2. The van der Waals surface area contributed by atoms with Crippen molar-refractivity contribution >= 4 is 22.6 Å². The maximum absolute atomic E-state index is 14.6. The molecule has 0 amide bonds. The van der Waals surface area contributed by atoms with Gasteiger partial charge in [0.05, 0.1) is 18.8 Å². The normalized spacial score (nSPS) is 30.8. The summed E-state index contributed by atoms with van der Waals surface area (Å²) in [7, 11) is -4.07. The molecule has 1 N–H and O–H groups in total. The molecular weight excluding hydrogens is 643 g/mol. The van der Waals surface area contributed by atoms with E-state index in [4.69, 9.17) is 8.85 Å². The highest BCUT2D eigenvalue weighted by Crippen LogP contribution is 2.60. The van der Waals surface area contributed by atoms with Gasteiger partial charge in [0, 0.05) is 6.42 Å². The molecule has 9 heteroatoms. The number of hydrogen-bond acceptors (Lipinski definition) is 5. The first kappa shape index (κ1) is 41.3. The highest BCUT2D eigenvalue weighted by Gasteiger charge is 2.54. The fraction of sp³-hybridized carbons (Fsp3) is 0.821. The van der Waals surface area contributed by atoms with Crippen LogP contribution >= 0.6 is 0 Å². The van der Waals surface area contributed by atoms with Gasteiger partial charge in [-0.05, 0) is 122 Å². The predicted molar refractivity (Wildman–Crippen MR) is 198 cm³/mol. The van der Waals surface area contributed by atoms with Crippen molar-refractivity contribution in [3.05, 3.63) is 35.5 Å². The van der Waals surface area contributed by atoms with E-state index in [-0.39, 0.29) is 52.6 Å². The summed E-state index contributed by atoms with van der Waals surface area (Å²) in [4.78, 5) is 11.9. The number of aliphatic hydroxyl groups is 1. The number of allylic oxidation sites excluding steroid dienone is 3. The van der Waals surface area contributed by atoms with Crippen LogP contribution in [0.15, 0.2) is 35.5 Å². The molecule has 276 valence electrons. The number of carbonyl (C=O) groups is 1. The highest BCUT2D eigenvalue weighted by atomic mass is 28.4. The summed E-state index contributed by atoms with van der Waals surface area (Å²) in [6.07, 6.45) is 9.09. The smallest absolute Gasteiger partial charge is 0.379 e. The molecule has 3 aliphatic rings. The Labute approximate surface area is 293 Å². The van der Waals surface area contributed by atoms with E-state index in [1.54, 1.807) is 0 Å². The van der Waals surface area contributed by atoms with E-state index in [1.807, 2.05) is 6.92 Å². The number of carbonyl (C=O) groups excluding carboxylic acids is 1. The van der Waals surface area contributed by atoms with E-state index in [0.29, 0.717) is 5.92 Å². The Morgan fingerprint density at radius 2 is 1.62 bits per heavy atom. The van der Waals surface area contributed by atoms with Crippen molar-refractivity contribution in [2.45, 2.75) is 174 Å². The summed E-state index contributed by atoms with van der Waals surface area (Å²) < 4.78 is 47.9. The Morgan fingerprint density at radius 3 is 2.19 bits per heavy atom. The lowest BCUT2D eigenvalue weighted by atomic mass is 9.60. The molecule has 1 unspecified atom stereocenters. The number of fused-ring (bicyclic) bond motifs is 1. The van der Waals surface area contributed by atoms with Crippen LogP contribution in [0.25, 0.3) is 0 Å². The summed E-state index contributed by atoms with van der Waals surface area (Å²) in [6, 6.07) is 0. The zero-order chi connectivity index (χ0) is 36.7. The van der Waals surface area contributed by atoms with Crippen LogP contribution in [-0.4, -0.2) is 58.6 Å². The zero-order valence-electron chi connectivity index (χ0n) is 32.5. The lowest BCUT2D eigenvalue weighted by molar-refractivity contribution is -0.190. The van der Waals surface area contributed by atoms with Crippen LogP contribution < -0.4 is 0 Å². The van der Waals surface area contributed by atoms with Crippen LogP contribution in [0.2, 0.25) is 36.3 Å². The number of hydrogen-bond donors (Lipinski definition) is 1. The molecule has 7 atom stereocenters. The SMILES string of the molecule is C=C1/C(=C\C=C2/CCC[C@@]3(C)C2CC[C@@H]3[C@H](C)C[C@H](O)C(F)(F)C(=O)OCC)C[C@@H](O[Si](C)(C)C(C)(C)C)C[C@@H]1O[Si](C)(C)C(C)(C)C. The van der Waals surface area contributed by atoms with E-state index in [9.17, 15) is 18.7 Å². The summed E-state index contributed by atoms with van der Waals surface area (Å²) >= 11 is 0. The minimum Gasteiger partial charge on any atom is -0.461 e. The van der Waals surface area contributed by atoms with Gasteiger partial charge in [-0.2, -0.15) is 8.78 Å². The third-order valence-electron chi connectivity index (χ3n) is 13.0. The van der Waals surface area contributed by atoms with Crippen molar-refractivity contribution in [2.24, 2.45) is 23.2 Å². The standard InChI is InChI=1S/C39H68F2O5Si2/c1-15-44-35(43)39(40,41)34(42)23-26(2)31-20-21-32-28(17-16-22-38(31,32)10)18-19-29-24-30(45-47(11,12)36(4,5)6)25-33(27(29)3)46-48(13,14)37(7,8)9/h18-19,26,30-34,42H,3,15-17,20-25H2,1-2,4-14H3/b28-18+,29-19-/t26-,30-,31-,32?,33+,34+,38-/m1/s1. The Hall–Kier alpha value is -1.14. The van der Waals surface area contributed by atoms with Gasteiger partial charge in [-0.25, -0.2) is 4.79 Å². The third-order valence-corrected chi connectivity index (χ3v) is 22.0. The van der Waals surface area contributed by atoms with Gasteiger partial charge in [-0.1, -0.05) is 79.7 Å². The number of halogens is 2. The molecule has 0 heterocycles. The van der Waals surface area contributed by atoms with Gasteiger partial charge in [-0.15, -0.1) is 0 Å². The Morgan fingerprint density at radius 1 is 1.04 bits per heavy atom. The van der Waals surface area contributed by atoms with E-state index in [1.165, 1.54) is 18.1 Å². The van der Waals surface area contributed by atoms with Gasteiger partial charge in [0.25, 0.3) is 0 Å². The molecule has 3 saturated carbocycles. The first-order valence-electron chi connectivity index (χ1n) is 18.5. The van der Waals surface area contributed by atoms with Crippen molar-refractivity contribution in [3.8, 4) is 0 Å². The van der Waals surface area contributed by atoms with Crippen molar-refractivity contribution in [2.75, 3.05) is 6.61 Å². The molecule has 3 rings (SSSR count). The molecule has 0 saturated heterocycles. The van der Waals surface area contributed by atoms with E-state index in [0.717, 1.165) is 50.5 Å². The van der Waals surface area contributed by atoms with Gasteiger partial charge in [0.2, 0.25) is 0 Å². The molecule has 0 aromatic carbocycles. The fourth-order valence-corrected chi connectivity index (χ4v) is 10.7. The maximum atomic E-state index is 14.6. The molecule has 0 aliphatic heterocycles. The Kier molecular flexibility index (Phi) is 12.8. The zero-order valence-corrected chi connectivity index (χ0v) is 34.5. The average molecular weight is 711 g/mol. The summed E-state index contributed by atoms with van der Waals surface area (Å²) in [6.45, 7) is 33.2. The molecule has 0 aromatic rings. The second-order valence-corrected chi connectivity index (χ2v) is 27.9. The van der Waals surface area contributed by atoms with Crippen LogP contribution in [0, 0.1) is 23.2 Å². The summed E-state index contributed by atoms with van der Waals surface area (Å²) in [5.74, 6) is -5.18. The number of rotatable bonds is 11. The monoisotopic (exact) mass is 710 g/mol. The first-order chi connectivity index (χ1) is 21.8. The molecule has 3 fully saturated rings. The fourth-order valence-electron chi connectivity index (χ4n) is 8.01. The molecule has 0 spiro atoms. The van der Waals surface area contributed by atoms with Crippen molar-refractivity contribution in [1.82, 2.24) is 0 Å². The number of ether oxygens (including phenoxy) is 1. The predicted octanol–water partition coefficient (Wildman–Crippen LogP) is 10.8. The second-order valence-electron chi connectivity index (χ2n) is 18.4. The molecule has 48 heavy (non-hydrogen) atoms. The third kappa shape index (κ3) is 8.83. The second kappa shape index (κ2) is 14.8. The largest absolute Gasteiger partial charge is 0.461 e. The lowest BCUT2D eigenvalue weighted by Gasteiger charge is -2.46. The van der Waals surface area contributed by atoms with Crippen LogP contribution in [0.3, 0.4) is 0 Å². The van der Waals surface area contributed by atoms with Gasteiger partial charge in [0.15, 0.2) is 16.6 Å². The maximum Gasteiger partial charge on any atom is 0.379 e. The average Bonchev–Trinajstić information content (AvgIpc) is 3.30. The van der Waals surface area contributed by atoms with E-state index in [2.05, 4.69) is 98.1 Å². The molecule has 5 nitrogen and oxygen atoms in total. The van der Waals surface area contributed by atoms with Gasteiger partial charge in [-0.3, -0.25) is 0 Å². The summed E-state index contributed by atoms with van der Waals surface area (Å²) in [5.41, 5.74) is 3.65. The molecule has 0 radical (unpaired) electrons. The molecule has 3 aliphatic carbocycles. The van der Waals surface area contributed by atoms with Crippen molar-refractivity contribution < 1.29 is 32.3 Å². The highest BCUT2D eigenvalue weighted by molar-refractivity contribution is 6.74. The first-order valence-corrected chi connectivity index (χ1v) is 24.3. The number of esters is 1. The quantitative estimate of drug-likeness (QED) is 0.171. The minimum atomic E-state index is -3.91.